The number of thiol groups is 1. The standard InChI is InChI=1S/C27H42N6O13S/c1-12(2)8-13(28)22(40)31-16(10-21(38)39)26(44)33-7-3-4-18(33)25(43)30-15(9-20(36)37)24(42)29-14(5-6-19(34)35)23(41)32-17(11-47)27(45)46/h12-18,47H,3-11,28H2,1-2H3,(H,29,42)(H,30,43)(H,31,40)(H,32,41)(H,34,35)(H,36,37)(H,38,39)(H,45,46)/t13-,14-,15-,16-,17-,18-/m0/s1. The van der Waals surface area contributed by atoms with E-state index in [1.54, 1.807) is 0 Å². The number of carboxylic acids is 4. The molecule has 1 saturated heterocycles. The van der Waals surface area contributed by atoms with E-state index in [4.69, 9.17) is 10.8 Å². The van der Waals surface area contributed by atoms with Crippen LogP contribution in [0.1, 0.15) is 58.8 Å². The van der Waals surface area contributed by atoms with E-state index in [9.17, 15) is 58.5 Å². The Kier molecular flexibility index (Phi) is 16.6. The predicted octanol–water partition coefficient (Wildman–Crippen LogP) is -2.88. The number of hydrogen-bond donors (Lipinski definition) is 10. The van der Waals surface area contributed by atoms with Crippen LogP contribution in [0.3, 0.4) is 0 Å². The third kappa shape index (κ3) is 13.8. The lowest BCUT2D eigenvalue weighted by Gasteiger charge is -2.30. The molecule has 19 nitrogen and oxygen atoms in total. The van der Waals surface area contributed by atoms with Gasteiger partial charge in [0.05, 0.1) is 18.9 Å². The van der Waals surface area contributed by atoms with E-state index in [-0.39, 0.29) is 37.5 Å². The molecule has 1 rings (SSSR count). The molecule has 1 fully saturated rings. The van der Waals surface area contributed by atoms with Crippen LogP contribution in [0, 0.1) is 5.92 Å². The average Bonchev–Trinajstić information content (AvgIpc) is 3.45. The van der Waals surface area contributed by atoms with Crippen LogP contribution < -0.4 is 27.0 Å². The number of carboxylic acid groups (broad SMARTS) is 4. The fraction of sp³-hybridized carbons (Fsp3) is 0.667. The summed E-state index contributed by atoms with van der Waals surface area (Å²) in [4.78, 5) is 112. The number of rotatable bonds is 20. The van der Waals surface area contributed by atoms with Crippen LogP contribution in [0.25, 0.3) is 0 Å². The zero-order valence-corrected chi connectivity index (χ0v) is 26.7. The number of likely N-dealkylation sites (tertiary alicyclic amines) is 1. The summed E-state index contributed by atoms with van der Waals surface area (Å²) in [5.74, 6) is -11.2. The van der Waals surface area contributed by atoms with Gasteiger partial charge in [0.15, 0.2) is 0 Å². The van der Waals surface area contributed by atoms with Gasteiger partial charge in [-0.25, -0.2) is 4.79 Å². The minimum Gasteiger partial charge on any atom is -0.481 e. The first-order chi connectivity index (χ1) is 21.9. The second-order valence-corrected chi connectivity index (χ2v) is 11.7. The molecule has 0 saturated carbocycles. The Balaban J connectivity index is 3.18. The number of nitrogens with zero attached hydrogens (tertiary/aromatic N) is 1. The summed E-state index contributed by atoms with van der Waals surface area (Å²) < 4.78 is 0. The smallest absolute Gasteiger partial charge is 0.327 e. The SMILES string of the molecule is CC(C)C[C@H](N)C(=O)N[C@@H](CC(=O)O)C(=O)N1CCC[C@H]1C(=O)N[C@@H](CC(=O)O)C(=O)N[C@@H](CCC(=O)O)C(=O)N[C@@H](CS)C(=O)O. The maximum absolute atomic E-state index is 13.4. The summed E-state index contributed by atoms with van der Waals surface area (Å²) in [6.07, 6.45) is -2.48. The van der Waals surface area contributed by atoms with Gasteiger partial charge in [-0.3, -0.25) is 38.4 Å². The first-order valence-electron chi connectivity index (χ1n) is 14.6. The lowest BCUT2D eigenvalue weighted by Crippen LogP contribution is -2.59. The molecule has 0 aromatic carbocycles. The molecule has 1 aliphatic heterocycles. The van der Waals surface area contributed by atoms with Gasteiger partial charge in [-0.15, -0.1) is 0 Å². The number of carbonyl (C=O) groups is 9. The van der Waals surface area contributed by atoms with E-state index in [2.05, 4.69) is 33.9 Å². The predicted molar refractivity (Wildman–Crippen MR) is 163 cm³/mol. The Morgan fingerprint density at radius 1 is 0.766 bits per heavy atom. The molecule has 0 radical (unpaired) electrons. The molecule has 0 spiro atoms. The van der Waals surface area contributed by atoms with Gasteiger partial charge in [-0.05, 0) is 31.6 Å². The molecule has 10 N–H and O–H groups in total. The minimum absolute atomic E-state index is 0.0171. The normalized spacial score (nSPS) is 17.4. The van der Waals surface area contributed by atoms with Crippen LogP contribution in [0.15, 0.2) is 0 Å². The van der Waals surface area contributed by atoms with Gasteiger partial charge < -0.3 is 52.3 Å². The highest BCUT2D eigenvalue weighted by Crippen LogP contribution is 2.20. The lowest BCUT2D eigenvalue weighted by atomic mass is 10.0. The van der Waals surface area contributed by atoms with Gasteiger partial charge in [0.25, 0.3) is 0 Å². The molecule has 5 amide bonds. The fourth-order valence-corrected chi connectivity index (χ4v) is 4.94. The second kappa shape index (κ2) is 19.3. The Hall–Kier alpha value is -4.46. The third-order valence-corrected chi connectivity index (χ3v) is 7.35. The summed E-state index contributed by atoms with van der Waals surface area (Å²) in [5.41, 5.74) is 5.86. The largest absolute Gasteiger partial charge is 0.481 e. The van der Waals surface area contributed by atoms with Crippen molar-refractivity contribution in [1.29, 1.82) is 0 Å². The molecule has 0 unspecified atom stereocenters. The minimum atomic E-state index is -1.85. The van der Waals surface area contributed by atoms with Gasteiger partial charge in [-0.1, -0.05) is 13.8 Å². The molecule has 0 aromatic heterocycles. The summed E-state index contributed by atoms with van der Waals surface area (Å²) in [5, 5.41) is 45.7. The van der Waals surface area contributed by atoms with Crippen molar-refractivity contribution in [1.82, 2.24) is 26.2 Å². The van der Waals surface area contributed by atoms with Crippen LogP contribution in [0.5, 0.6) is 0 Å². The highest BCUT2D eigenvalue weighted by Gasteiger charge is 2.40. The van der Waals surface area contributed by atoms with Gasteiger partial charge in [-0.2, -0.15) is 12.6 Å². The van der Waals surface area contributed by atoms with E-state index in [1.807, 2.05) is 13.8 Å². The molecule has 6 atom stereocenters. The lowest BCUT2D eigenvalue weighted by molar-refractivity contribution is -0.146. The van der Waals surface area contributed by atoms with E-state index in [1.165, 1.54) is 0 Å². The number of carbonyl (C=O) groups excluding carboxylic acids is 5. The van der Waals surface area contributed by atoms with Crippen molar-refractivity contribution < 1.29 is 63.6 Å². The third-order valence-electron chi connectivity index (χ3n) is 6.98. The molecular formula is C27H42N6O13S. The zero-order valence-electron chi connectivity index (χ0n) is 25.8. The van der Waals surface area contributed by atoms with Crippen LogP contribution >= 0.6 is 12.6 Å². The summed E-state index contributed by atoms with van der Waals surface area (Å²) >= 11 is 3.82. The van der Waals surface area contributed by atoms with E-state index < -0.39 is 115 Å². The first kappa shape index (κ1) is 40.6. The molecule has 1 heterocycles. The van der Waals surface area contributed by atoms with Crippen LogP contribution in [0.4, 0.5) is 0 Å². The molecule has 264 valence electrons. The first-order valence-corrected chi connectivity index (χ1v) is 15.3. The van der Waals surface area contributed by atoms with Crippen molar-refractivity contribution in [3.8, 4) is 0 Å². The molecular weight excluding hydrogens is 648 g/mol. The maximum Gasteiger partial charge on any atom is 0.327 e. The Morgan fingerprint density at radius 2 is 1.30 bits per heavy atom. The molecule has 0 aliphatic carbocycles. The average molecular weight is 691 g/mol. The zero-order chi connectivity index (χ0) is 36.0. The van der Waals surface area contributed by atoms with Crippen molar-refractivity contribution in [3.63, 3.8) is 0 Å². The second-order valence-electron chi connectivity index (χ2n) is 11.3. The molecule has 0 bridgehead atoms. The molecule has 20 heteroatoms. The van der Waals surface area contributed by atoms with Crippen molar-refractivity contribution in [2.45, 2.75) is 95.0 Å². The maximum atomic E-state index is 13.4. The van der Waals surface area contributed by atoms with Crippen molar-refractivity contribution in [3.05, 3.63) is 0 Å². The van der Waals surface area contributed by atoms with E-state index in [0.717, 1.165) is 4.90 Å². The monoisotopic (exact) mass is 690 g/mol. The van der Waals surface area contributed by atoms with Crippen molar-refractivity contribution in [2.75, 3.05) is 12.3 Å². The van der Waals surface area contributed by atoms with Crippen LogP contribution in [-0.4, -0.2) is 127 Å². The van der Waals surface area contributed by atoms with Crippen LogP contribution in [-0.2, 0) is 43.2 Å². The molecule has 0 aromatic rings. The number of nitrogens with one attached hydrogen (secondary N) is 4. The molecule has 47 heavy (non-hydrogen) atoms. The van der Waals surface area contributed by atoms with Gasteiger partial charge in [0.1, 0.15) is 30.2 Å². The molecule has 1 aliphatic rings. The summed E-state index contributed by atoms with van der Waals surface area (Å²) in [7, 11) is 0. The van der Waals surface area contributed by atoms with Crippen molar-refractivity contribution in [2.24, 2.45) is 11.7 Å². The van der Waals surface area contributed by atoms with Gasteiger partial charge >= 0.3 is 23.9 Å². The number of aliphatic carboxylic acids is 4. The van der Waals surface area contributed by atoms with Gasteiger partial charge in [0.2, 0.25) is 29.5 Å². The fourth-order valence-electron chi connectivity index (χ4n) is 4.69. The van der Waals surface area contributed by atoms with Crippen molar-refractivity contribution >= 4 is 66.0 Å². The highest BCUT2D eigenvalue weighted by atomic mass is 32.1. The van der Waals surface area contributed by atoms with E-state index >= 15 is 0 Å². The van der Waals surface area contributed by atoms with Crippen LogP contribution in [0.2, 0.25) is 0 Å². The summed E-state index contributed by atoms with van der Waals surface area (Å²) in [6.45, 7) is 3.58. The highest BCUT2D eigenvalue weighted by molar-refractivity contribution is 7.80. The number of amides is 5. The number of nitrogens with two attached hydrogens (primary N) is 1. The Bertz CT molecular complexity index is 1220. The Labute approximate surface area is 274 Å². The van der Waals surface area contributed by atoms with E-state index in [0.29, 0.717) is 0 Å². The van der Waals surface area contributed by atoms with Gasteiger partial charge in [0, 0.05) is 18.7 Å². The summed E-state index contributed by atoms with van der Waals surface area (Å²) in [6, 6.07) is -8.94. The Morgan fingerprint density at radius 3 is 1.81 bits per heavy atom. The number of hydrogen-bond acceptors (Lipinski definition) is 11. The topological polar surface area (TPSA) is 312 Å². The quantitative estimate of drug-likeness (QED) is 0.0574.